The van der Waals surface area contributed by atoms with Crippen molar-refractivity contribution in [3.8, 4) is 17.0 Å². The summed E-state index contributed by atoms with van der Waals surface area (Å²) in [5.74, 6) is 0.259. The molecule has 1 aliphatic rings. The van der Waals surface area contributed by atoms with Gasteiger partial charge in [-0.25, -0.2) is 0 Å². The summed E-state index contributed by atoms with van der Waals surface area (Å²) >= 11 is 0. The summed E-state index contributed by atoms with van der Waals surface area (Å²) in [6, 6.07) is 15.2. The van der Waals surface area contributed by atoms with Gasteiger partial charge in [0.2, 0.25) is 0 Å². The monoisotopic (exact) mass is 335 g/mol. The second kappa shape index (κ2) is 6.35. The lowest BCUT2D eigenvalue weighted by Gasteiger charge is -2.15. The first-order valence-corrected chi connectivity index (χ1v) is 8.40. The van der Waals surface area contributed by atoms with E-state index < -0.39 is 0 Å². The molecule has 5 heteroatoms. The van der Waals surface area contributed by atoms with Crippen LogP contribution in [-0.2, 0) is 26.2 Å². The van der Waals surface area contributed by atoms with Gasteiger partial charge in [0.25, 0.3) is 0 Å². The van der Waals surface area contributed by atoms with Crippen LogP contribution in [0.2, 0.25) is 0 Å². The zero-order valence-corrected chi connectivity index (χ0v) is 14.2. The van der Waals surface area contributed by atoms with Crippen molar-refractivity contribution in [1.29, 1.82) is 0 Å². The lowest BCUT2D eigenvalue weighted by molar-refractivity contribution is 0.282. The molecule has 0 amide bonds. The zero-order chi connectivity index (χ0) is 17.4. The molecule has 4 rings (SSSR count). The highest BCUT2D eigenvalue weighted by Gasteiger charge is 2.27. The first-order chi connectivity index (χ1) is 12.2. The van der Waals surface area contributed by atoms with E-state index in [0.717, 1.165) is 41.2 Å². The van der Waals surface area contributed by atoms with E-state index in [-0.39, 0.29) is 12.4 Å². The average molecular weight is 335 g/mol. The highest BCUT2D eigenvalue weighted by atomic mass is 16.3. The number of hydrogen-bond donors (Lipinski definition) is 2. The van der Waals surface area contributed by atoms with Crippen molar-refractivity contribution in [2.45, 2.75) is 26.2 Å². The van der Waals surface area contributed by atoms with Crippen LogP contribution in [0.3, 0.4) is 0 Å². The Morgan fingerprint density at radius 3 is 2.72 bits per heavy atom. The molecule has 2 N–H and O–H groups in total. The molecule has 5 nitrogen and oxygen atoms in total. The van der Waals surface area contributed by atoms with E-state index in [1.54, 1.807) is 12.1 Å². The zero-order valence-electron chi connectivity index (χ0n) is 14.2. The molecular weight excluding hydrogens is 314 g/mol. The van der Waals surface area contributed by atoms with E-state index in [4.69, 9.17) is 5.10 Å². The van der Waals surface area contributed by atoms with E-state index >= 15 is 0 Å². The van der Waals surface area contributed by atoms with Crippen LogP contribution in [0.4, 0.5) is 0 Å². The molecule has 0 spiro atoms. The number of hydrogen-bond acceptors (Lipinski definition) is 4. The topological polar surface area (TPSA) is 61.5 Å². The van der Waals surface area contributed by atoms with E-state index in [2.05, 4.69) is 11.9 Å². The summed E-state index contributed by atoms with van der Waals surface area (Å²) in [7, 11) is 2.09. The molecular formula is C20H21N3O2. The minimum atomic E-state index is -0.00189. The number of nitrogens with zero attached hydrogens (tertiary/aromatic N) is 3. The van der Waals surface area contributed by atoms with Crippen LogP contribution in [0, 0.1) is 0 Å². The van der Waals surface area contributed by atoms with Gasteiger partial charge in [0.05, 0.1) is 24.5 Å². The van der Waals surface area contributed by atoms with E-state index in [0.29, 0.717) is 6.54 Å². The van der Waals surface area contributed by atoms with Crippen molar-refractivity contribution in [2.24, 2.45) is 0 Å². The van der Waals surface area contributed by atoms with Gasteiger partial charge in [0.1, 0.15) is 5.75 Å². The number of rotatable bonds is 4. The van der Waals surface area contributed by atoms with Gasteiger partial charge in [-0.15, -0.1) is 0 Å². The molecule has 0 aliphatic carbocycles. The Morgan fingerprint density at radius 2 is 1.92 bits per heavy atom. The Hall–Kier alpha value is -2.63. The molecule has 25 heavy (non-hydrogen) atoms. The van der Waals surface area contributed by atoms with Gasteiger partial charge in [-0.1, -0.05) is 36.4 Å². The summed E-state index contributed by atoms with van der Waals surface area (Å²) < 4.78 is 2.00. The highest BCUT2D eigenvalue weighted by Crippen LogP contribution is 2.34. The number of fused-ring (bicyclic) bond motifs is 1. The quantitative estimate of drug-likeness (QED) is 0.770. The maximum Gasteiger partial charge on any atom is 0.115 e. The summed E-state index contributed by atoms with van der Waals surface area (Å²) in [6.45, 7) is 2.26. The van der Waals surface area contributed by atoms with Crippen molar-refractivity contribution < 1.29 is 10.2 Å². The molecule has 0 radical (unpaired) electrons. The second-order valence-corrected chi connectivity index (χ2v) is 6.59. The number of aromatic nitrogens is 2. The van der Waals surface area contributed by atoms with Crippen molar-refractivity contribution >= 4 is 0 Å². The number of aliphatic hydroxyl groups excluding tert-OH is 1. The second-order valence-electron chi connectivity index (χ2n) is 6.59. The molecule has 2 aromatic carbocycles. The Bertz CT molecular complexity index is 917. The molecule has 3 aromatic rings. The lowest BCUT2D eigenvalue weighted by Crippen LogP contribution is -2.13. The maximum absolute atomic E-state index is 9.76. The first kappa shape index (κ1) is 15.9. The van der Waals surface area contributed by atoms with E-state index in [9.17, 15) is 10.2 Å². The van der Waals surface area contributed by atoms with Crippen LogP contribution in [0.1, 0.15) is 22.4 Å². The van der Waals surface area contributed by atoms with Crippen LogP contribution >= 0.6 is 0 Å². The summed E-state index contributed by atoms with van der Waals surface area (Å²) in [5.41, 5.74) is 6.30. The fraction of sp³-hybridized carbons (Fsp3) is 0.250. The van der Waals surface area contributed by atoms with Crippen molar-refractivity contribution in [3.05, 3.63) is 70.9 Å². The van der Waals surface area contributed by atoms with Crippen molar-refractivity contribution in [1.82, 2.24) is 14.7 Å². The molecule has 128 valence electrons. The van der Waals surface area contributed by atoms with Crippen molar-refractivity contribution in [3.63, 3.8) is 0 Å². The Balaban J connectivity index is 1.84. The molecule has 1 aliphatic heterocycles. The Labute approximate surface area is 146 Å². The van der Waals surface area contributed by atoms with Gasteiger partial charge in [-0.2, -0.15) is 5.10 Å². The smallest absolute Gasteiger partial charge is 0.115 e. The van der Waals surface area contributed by atoms with Crippen LogP contribution in [-0.4, -0.2) is 31.9 Å². The Morgan fingerprint density at radius 1 is 1.08 bits per heavy atom. The number of phenolic OH excluding ortho intramolecular Hbond substituents is 1. The maximum atomic E-state index is 9.76. The summed E-state index contributed by atoms with van der Waals surface area (Å²) in [6.07, 6.45) is 0. The molecule has 0 fully saturated rings. The number of benzene rings is 2. The van der Waals surface area contributed by atoms with Gasteiger partial charge < -0.3 is 10.2 Å². The third-order valence-electron chi connectivity index (χ3n) is 4.67. The van der Waals surface area contributed by atoms with Gasteiger partial charge in [0.15, 0.2) is 0 Å². The van der Waals surface area contributed by atoms with E-state index in [1.807, 2.05) is 41.1 Å². The molecule has 0 saturated heterocycles. The molecule has 0 bridgehead atoms. The number of phenols is 1. The largest absolute Gasteiger partial charge is 0.508 e. The highest BCUT2D eigenvalue weighted by molar-refractivity contribution is 5.69. The summed E-state index contributed by atoms with van der Waals surface area (Å²) in [4.78, 5) is 2.24. The minimum absolute atomic E-state index is 0.00189. The van der Waals surface area contributed by atoms with Crippen LogP contribution in [0.15, 0.2) is 48.5 Å². The van der Waals surface area contributed by atoms with Crippen LogP contribution < -0.4 is 0 Å². The lowest BCUT2D eigenvalue weighted by atomic mass is 10.0. The fourth-order valence-electron chi connectivity index (χ4n) is 3.56. The third kappa shape index (κ3) is 2.92. The molecule has 2 heterocycles. The SMILES string of the molecule is CN1Cc2nn(Cc3cccc(O)c3)c(-c3ccccc3CO)c2C1. The predicted octanol–water partition coefficient (Wildman–Crippen LogP) is 2.74. The fourth-order valence-corrected chi connectivity index (χ4v) is 3.56. The summed E-state index contributed by atoms with van der Waals surface area (Å²) in [5, 5.41) is 24.3. The predicted molar refractivity (Wildman–Crippen MR) is 96.0 cm³/mol. The van der Waals surface area contributed by atoms with Crippen LogP contribution in [0.5, 0.6) is 5.75 Å². The Kier molecular flexibility index (Phi) is 4.03. The number of aromatic hydroxyl groups is 1. The minimum Gasteiger partial charge on any atom is -0.508 e. The number of aliphatic hydroxyl groups is 1. The van der Waals surface area contributed by atoms with Gasteiger partial charge in [-0.3, -0.25) is 9.58 Å². The van der Waals surface area contributed by atoms with Gasteiger partial charge in [-0.05, 0) is 30.3 Å². The van der Waals surface area contributed by atoms with Gasteiger partial charge in [0, 0.05) is 24.2 Å². The average Bonchev–Trinajstić information content (AvgIpc) is 3.10. The molecule has 0 saturated carbocycles. The normalized spacial score (nSPS) is 14.0. The van der Waals surface area contributed by atoms with Crippen molar-refractivity contribution in [2.75, 3.05) is 7.05 Å². The molecule has 0 unspecified atom stereocenters. The van der Waals surface area contributed by atoms with Crippen LogP contribution in [0.25, 0.3) is 11.3 Å². The van der Waals surface area contributed by atoms with E-state index in [1.165, 1.54) is 5.56 Å². The first-order valence-electron chi connectivity index (χ1n) is 8.40. The third-order valence-corrected chi connectivity index (χ3v) is 4.67. The van der Waals surface area contributed by atoms with Gasteiger partial charge >= 0.3 is 0 Å². The molecule has 0 atom stereocenters. The standard InChI is InChI=1S/C20H21N3O2/c1-22-11-18-19(12-22)21-23(10-14-5-4-7-16(25)9-14)20(18)17-8-3-2-6-15(17)13-24/h2-9,24-25H,10-13H2,1H3. The molecule has 1 aromatic heterocycles.